The number of unbranched alkanes of at least 4 members (excludes halogenated alkanes) is 3. The number of benzene rings is 3. The lowest BCUT2D eigenvalue weighted by molar-refractivity contribution is -0.137. The SMILES string of the molecule is COc1ccc(C(=O)Oc2ccc(OC(=O)c3ccc(OCCCCCCOCC4(C)COC4)cc3)cc2)cc1. The topological polar surface area (TPSA) is 89.5 Å². The van der Waals surface area contributed by atoms with Crippen LogP contribution in [-0.2, 0) is 9.47 Å². The van der Waals surface area contributed by atoms with Gasteiger partial charge in [0.15, 0.2) is 0 Å². The molecule has 40 heavy (non-hydrogen) atoms. The van der Waals surface area contributed by atoms with E-state index in [-0.39, 0.29) is 5.41 Å². The van der Waals surface area contributed by atoms with E-state index in [1.807, 2.05) is 0 Å². The molecule has 1 heterocycles. The number of ether oxygens (including phenoxy) is 6. The van der Waals surface area contributed by atoms with Crippen molar-refractivity contribution in [3.05, 3.63) is 83.9 Å². The van der Waals surface area contributed by atoms with Gasteiger partial charge in [-0.25, -0.2) is 9.59 Å². The molecule has 0 bridgehead atoms. The molecular formula is C32H36O8. The monoisotopic (exact) mass is 548 g/mol. The Morgan fingerprint density at radius 3 is 1.62 bits per heavy atom. The largest absolute Gasteiger partial charge is 0.497 e. The van der Waals surface area contributed by atoms with Crippen molar-refractivity contribution in [3.63, 3.8) is 0 Å². The van der Waals surface area contributed by atoms with Gasteiger partial charge in [0.2, 0.25) is 0 Å². The molecule has 212 valence electrons. The van der Waals surface area contributed by atoms with Crippen molar-refractivity contribution in [2.24, 2.45) is 5.41 Å². The first-order valence-electron chi connectivity index (χ1n) is 13.5. The van der Waals surface area contributed by atoms with Crippen LogP contribution in [0.15, 0.2) is 72.8 Å². The minimum absolute atomic E-state index is 0.211. The number of esters is 2. The van der Waals surface area contributed by atoms with Crippen molar-refractivity contribution < 1.29 is 38.0 Å². The molecule has 4 rings (SSSR count). The molecule has 8 heteroatoms. The molecule has 0 spiro atoms. The first-order chi connectivity index (χ1) is 19.4. The van der Waals surface area contributed by atoms with E-state index in [0.29, 0.717) is 40.7 Å². The van der Waals surface area contributed by atoms with E-state index in [9.17, 15) is 9.59 Å². The summed E-state index contributed by atoms with van der Waals surface area (Å²) in [4.78, 5) is 24.8. The minimum atomic E-state index is -0.496. The van der Waals surface area contributed by atoms with Gasteiger partial charge in [0, 0.05) is 12.0 Å². The Labute approximate surface area is 235 Å². The van der Waals surface area contributed by atoms with Crippen LogP contribution in [0.3, 0.4) is 0 Å². The molecule has 0 aromatic heterocycles. The Bertz CT molecular complexity index is 1220. The van der Waals surface area contributed by atoms with E-state index in [1.54, 1.807) is 79.9 Å². The van der Waals surface area contributed by atoms with Crippen LogP contribution < -0.4 is 18.9 Å². The summed E-state index contributed by atoms with van der Waals surface area (Å²) in [5.41, 5.74) is 1.02. The van der Waals surface area contributed by atoms with Crippen molar-refractivity contribution in [3.8, 4) is 23.0 Å². The van der Waals surface area contributed by atoms with Crippen LogP contribution in [0.1, 0.15) is 53.3 Å². The number of methoxy groups -OCH3 is 1. The zero-order valence-electron chi connectivity index (χ0n) is 23.1. The number of hydrogen-bond donors (Lipinski definition) is 0. The summed E-state index contributed by atoms with van der Waals surface area (Å²) in [5, 5.41) is 0. The molecule has 1 fully saturated rings. The predicted molar refractivity (Wildman–Crippen MR) is 150 cm³/mol. The third-order valence-electron chi connectivity index (χ3n) is 6.46. The van der Waals surface area contributed by atoms with Gasteiger partial charge in [0.1, 0.15) is 23.0 Å². The van der Waals surface area contributed by atoms with E-state index in [4.69, 9.17) is 28.4 Å². The number of rotatable bonds is 15. The third kappa shape index (κ3) is 8.83. The van der Waals surface area contributed by atoms with E-state index in [1.165, 1.54) is 0 Å². The van der Waals surface area contributed by atoms with Crippen LogP contribution in [0.5, 0.6) is 23.0 Å². The quantitative estimate of drug-likeness (QED) is 0.127. The third-order valence-corrected chi connectivity index (χ3v) is 6.46. The molecule has 3 aromatic rings. The molecule has 0 aliphatic carbocycles. The Morgan fingerprint density at radius 2 is 1.15 bits per heavy atom. The second-order valence-corrected chi connectivity index (χ2v) is 10.1. The first kappa shape index (κ1) is 29.1. The van der Waals surface area contributed by atoms with Crippen LogP contribution in [0, 0.1) is 5.41 Å². The molecule has 1 aliphatic rings. The van der Waals surface area contributed by atoms with Gasteiger partial charge in [-0.2, -0.15) is 0 Å². The molecule has 0 radical (unpaired) electrons. The molecule has 0 amide bonds. The fraction of sp³-hybridized carbons (Fsp3) is 0.375. The normalized spacial score (nSPS) is 13.7. The van der Waals surface area contributed by atoms with Crippen LogP contribution in [0.25, 0.3) is 0 Å². The van der Waals surface area contributed by atoms with Gasteiger partial charge in [-0.05, 0) is 92.1 Å². The average molecular weight is 549 g/mol. The Balaban J connectivity index is 1.11. The molecule has 3 aromatic carbocycles. The number of carbonyl (C=O) groups is 2. The first-order valence-corrected chi connectivity index (χ1v) is 13.5. The van der Waals surface area contributed by atoms with Gasteiger partial charge in [-0.3, -0.25) is 0 Å². The summed E-state index contributed by atoms with van der Waals surface area (Å²) < 4.78 is 32.7. The highest BCUT2D eigenvalue weighted by atomic mass is 16.5. The van der Waals surface area contributed by atoms with Gasteiger partial charge in [-0.15, -0.1) is 0 Å². The average Bonchev–Trinajstić information content (AvgIpc) is 2.96. The lowest BCUT2D eigenvalue weighted by atomic mass is 9.90. The highest BCUT2D eigenvalue weighted by Crippen LogP contribution is 2.26. The molecule has 1 saturated heterocycles. The van der Waals surface area contributed by atoms with Crippen LogP contribution in [0.2, 0.25) is 0 Å². The summed E-state index contributed by atoms with van der Waals surface area (Å²) in [6.45, 7) is 5.97. The Morgan fingerprint density at radius 1 is 0.675 bits per heavy atom. The van der Waals surface area contributed by atoms with Crippen LogP contribution in [0.4, 0.5) is 0 Å². The van der Waals surface area contributed by atoms with Gasteiger partial charge < -0.3 is 28.4 Å². The highest BCUT2D eigenvalue weighted by Gasteiger charge is 2.33. The summed E-state index contributed by atoms with van der Waals surface area (Å²) in [6.07, 6.45) is 4.19. The molecule has 0 saturated carbocycles. The van der Waals surface area contributed by atoms with Gasteiger partial charge in [-0.1, -0.05) is 13.3 Å². The van der Waals surface area contributed by atoms with Gasteiger partial charge in [0.05, 0.1) is 44.7 Å². The molecule has 0 N–H and O–H groups in total. The summed E-state index contributed by atoms with van der Waals surface area (Å²) >= 11 is 0. The Hall–Kier alpha value is -3.88. The van der Waals surface area contributed by atoms with E-state index in [2.05, 4.69) is 6.92 Å². The van der Waals surface area contributed by atoms with Crippen molar-refractivity contribution in [2.75, 3.05) is 40.1 Å². The van der Waals surface area contributed by atoms with Crippen molar-refractivity contribution >= 4 is 11.9 Å². The van der Waals surface area contributed by atoms with Gasteiger partial charge in [0.25, 0.3) is 0 Å². The second kappa shape index (κ2) is 14.5. The zero-order valence-corrected chi connectivity index (χ0v) is 23.1. The summed E-state index contributed by atoms with van der Waals surface area (Å²) in [6, 6.07) is 19.8. The maximum Gasteiger partial charge on any atom is 0.343 e. The van der Waals surface area contributed by atoms with Crippen LogP contribution in [-0.4, -0.2) is 52.1 Å². The standard InChI is InChI=1S/C32H36O8/c1-32(22-37-23-32)21-36-19-5-3-4-6-20-38-27-13-9-25(10-14-27)31(34)40-29-17-15-28(16-18-29)39-30(33)24-7-11-26(35-2)12-8-24/h7-18H,3-6,19-23H2,1-2H3. The second-order valence-electron chi connectivity index (χ2n) is 10.1. The van der Waals surface area contributed by atoms with Crippen LogP contribution >= 0.6 is 0 Å². The van der Waals surface area contributed by atoms with E-state index in [0.717, 1.165) is 52.1 Å². The molecule has 8 nitrogen and oxygen atoms in total. The number of carbonyl (C=O) groups excluding carboxylic acids is 2. The van der Waals surface area contributed by atoms with E-state index < -0.39 is 11.9 Å². The van der Waals surface area contributed by atoms with Crippen molar-refractivity contribution in [1.82, 2.24) is 0 Å². The highest BCUT2D eigenvalue weighted by molar-refractivity contribution is 5.92. The summed E-state index contributed by atoms with van der Waals surface area (Å²) in [7, 11) is 1.56. The maximum atomic E-state index is 12.5. The fourth-order valence-electron chi connectivity index (χ4n) is 4.02. The van der Waals surface area contributed by atoms with Crippen molar-refractivity contribution in [2.45, 2.75) is 32.6 Å². The number of hydrogen-bond acceptors (Lipinski definition) is 8. The minimum Gasteiger partial charge on any atom is -0.497 e. The zero-order chi connectivity index (χ0) is 28.2. The Kier molecular flexibility index (Phi) is 10.5. The summed E-state index contributed by atoms with van der Waals surface area (Å²) in [5.74, 6) is 1.05. The molecular weight excluding hydrogens is 512 g/mol. The fourth-order valence-corrected chi connectivity index (χ4v) is 4.02. The predicted octanol–water partition coefficient (Wildman–Crippen LogP) is 6.13. The van der Waals surface area contributed by atoms with Gasteiger partial charge >= 0.3 is 11.9 Å². The lowest BCUT2D eigenvalue weighted by Crippen LogP contribution is -2.43. The van der Waals surface area contributed by atoms with E-state index >= 15 is 0 Å². The maximum absolute atomic E-state index is 12.5. The lowest BCUT2D eigenvalue weighted by Gasteiger charge is -2.37. The molecule has 0 atom stereocenters. The van der Waals surface area contributed by atoms with Crippen molar-refractivity contribution in [1.29, 1.82) is 0 Å². The smallest absolute Gasteiger partial charge is 0.343 e. The molecule has 0 unspecified atom stereocenters. The molecule has 1 aliphatic heterocycles.